The van der Waals surface area contributed by atoms with E-state index in [9.17, 15) is 0 Å². The van der Waals surface area contributed by atoms with Crippen LogP contribution in [0.25, 0.3) is 5.82 Å². The van der Waals surface area contributed by atoms with Crippen LogP contribution in [0.2, 0.25) is 0 Å². The predicted octanol–water partition coefficient (Wildman–Crippen LogP) is 1.85. The van der Waals surface area contributed by atoms with E-state index in [0.717, 1.165) is 24.2 Å². The summed E-state index contributed by atoms with van der Waals surface area (Å²) in [5.74, 6) is 0.636. The number of nitriles is 1. The highest BCUT2D eigenvalue weighted by molar-refractivity contribution is 5.52. The van der Waals surface area contributed by atoms with Gasteiger partial charge in [0.15, 0.2) is 11.5 Å². The molecule has 18 heavy (non-hydrogen) atoms. The Morgan fingerprint density at radius 2 is 2.11 bits per heavy atom. The van der Waals surface area contributed by atoms with Gasteiger partial charge in [0.2, 0.25) is 0 Å². The molecule has 5 nitrogen and oxygen atoms in total. The van der Waals surface area contributed by atoms with Crippen LogP contribution in [0.4, 0.5) is 5.69 Å². The summed E-state index contributed by atoms with van der Waals surface area (Å²) in [6, 6.07) is 7.51. The van der Waals surface area contributed by atoms with Crippen LogP contribution < -0.4 is 5.73 Å². The summed E-state index contributed by atoms with van der Waals surface area (Å²) in [5, 5.41) is 13.4. The molecule has 2 aromatic rings. The van der Waals surface area contributed by atoms with E-state index in [-0.39, 0.29) is 5.69 Å². The molecule has 92 valence electrons. The van der Waals surface area contributed by atoms with E-state index in [0.29, 0.717) is 11.5 Å². The molecular weight excluding hydrogens is 226 g/mol. The van der Waals surface area contributed by atoms with E-state index < -0.39 is 0 Å². The Kier molecular flexibility index (Phi) is 3.28. The molecule has 0 radical (unpaired) electrons. The zero-order valence-electron chi connectivity index (χ0n) is 10.5. The summed E-state index contributed by atoms with van der Waals surface area (Å²) in [4.78, 5) is 4.23. The first-order valence-electron chi connectivity index (χ1n) is 5.94. The molecule has 2 aromatic heterocycles. The lowest BCUT2D eigenvalue weighted by Crippen LogP contribution is -2.06. The Hall–Kier alpha value is -2.35. The predicted molar refractivity (Wildman–Crippen MR) is 69.2 cm³/mol. The minimum Gasteiger partial charge on any atom is -0.396 e. The number of rotatable bonds is 3. The molecule has 0 atom stereocenters. The van der Waals surface area contributed by atoms with E-state index >= 15 is 0 Å². The number of pyridine rings is 1. The zero-order valence-corrected chi connectivity index (χ0v) is 10.5. The van der Waals surface area contributed by atoms with Crippen LogP contribution in [-0.4, -0.2) is 14.8 Å². The molecule has 0 saturated heterocycles. The molecule has 0 fully saturated rings. The highest BCUT2D eigenvalue weighted by Crippen LogP contribution is 2.15. The number of aromatic nitrogens is 3. The normalized spacial score (nSPS) is 10.3. The molecule has 0 spiro atoms. The second-order valence-electron chi connectivity index (χ2n) is 3.97. The van der Waals surface area contributed by atoms with Gasteiger partial charge in [-0.25, -0.2) is 9.67 Å². The van der Waals surface area contributed by atoms with Crippen molar-refractivity contribution in [2.24, 2.45) is 0 Å². The SMILES string of the molecule is CCc1cc(CC)n(-c2ccc(N)c(C#N)n2)n1. The summed E-state index contributed by atoms with van der Waals surface area (Å²) in [5.41, 5.74) is 8.39. The molecule has 5 heteroatoms. The fourth-order valence-corrected chi connectivity index (χ4v) is 1.77. The number of anilines is 1. The van der Waals surface area contributed by atoms with Crippen LogP contribution in [0, 0.1) is 11.3 Å². The number of nitrogen functional groups attached to an aromatic ring is 1. The van der Waals surface area contributed by atoms with Gasteiger partial charge in [-0.2, -0.15) is 10.4 Å². The van der Waals surface area contributed by atoms with Crippen LogP contribution in [0.5, 0.6) is 0 Å². The summed E-state index contributed by atoms with van der Waals surface area (Å²) >= 11 is 0. The minimum absolute atomic E-state index is 0.239. The lowest BCUT2D eigenvalue weighted by atomic mass is 10.2. The summed E-state index contributed by atoms with van der Waals surface area (Å²) in [6.45, 7) is 4.12. The van der Waals surface area contributed by atoms with Crippen molar-refractivity contribution in [2.75, 3.05) is 5.73 Å². The third kappa shape index (κ3) is 2.05. The first-order valence-corrected chi connectivity index (χ1v) is 5.94. The molecule has 0 bridgehead atoms. The van der Waals surface area contributed by atoms with Crippen LogP contribution in [-0.2, 0) is 12.8 Å². The van der Waals surface area contributed by atoms with Crippen molar-refractivity contribution in [2.45, 2.75) is 26.7 Å². The van der Waals surface area contributed by atoms with E-state index in [1.807, 2.05) is 6.07 Å². The van der Waals surface area contributed by atoms with Gasteiger partial charge in [0.1, 0.15) is 6.07 Å². The topological polar surface area (TPSA) is 80.5 Å². The number of nitrogens with zero attached hydrogens (tertiary/aromatic N) is 4. The standard InChI is InChI=1S/C13H15N5/c1-3-9-7-10(4-2)18(17-9)13-6-5-11(15)12(8-14)16-13/h5-7H,3-4,15H2,1-2H3. The summed E-state index contributed by atoms with van der Waals surface area (Å²) in [6.07, 6.45) is 1.74. The molecular formula is C13H15N5. The Balaban J connectivity index is 2.54. The van der Waals surface area contributed by atoms with Crippen molar-refractivity contribution >= 4 is 5.69 Å². The monoisotopic (exact) mass is 241 g/mol. The van der Waals surface area contributed by atoms with Gasteiger partial charge in [0, 0.05) is 5.69 Å². The third-order valence-electron chi connectivity index (χ3n) is 2.79. The zero-order chi connectivity index (χ0) is 13.1. The van der Waals surface area contributed by atoms with Crippen LogP contribution in [0.1, 0.15) is 30.9 Å². The molecule has 2 rings (SSSR count). The number of aryl methyl sites for hydroxylation is 2. The average Bonchev–Trinajstić information content (AvgIpc) is 2.82. The van der Waals surface area contributed by atoms with Crippen LogP contribution in [0.15, 0.2) is 18.2 Å². The maximum absolute atomic E-state index is 8.95. The first-order chi connectivity index (χ1) is 8.69. The summed E-state index contributed by atoms with van der Waals surface area (Å²) < 4.78 is 1.78. The van der Waals surface area contributed by atoms with E-state index in [2.05, 4.69) is 30.0 Å². The Bertz CT molecular complexity index is 606. The Morgan fingerprint density at radius 1 is 1.33 bits per heavy atom. The number of nitrogens with two attached hydrogens (primary N) is 1. The molecule has 2 heterocycles. The van der Waals surface area contributed by atoms with Crippen molar-refractivity contribution in [3.63, 3.8) is 0 Å². The first kappa shape index (κ1) is 12.1. The molecule has 0 amide bonds. The minimum atomic E-state index is 0.239. The van der Waals surface area contributed by atoms with Gasteiger partial charge in [0.05, 0.1) is 11.4 Å². The highest BCUT2D eigenvalue weighted by Gasteiger charge is 2.10. The van der Waals surface area contributed by atoms with Crippen molar-refractivity contribution in [1.82, 2.24) is 14.8 Å². The third-order valence-corrected chi connectivity index (χ3v) is 2.79. The van der Waals surface area contributed by atoms with E-state index in [1.165, 1.54) is 0 Å². The average molecular weight is 241 g/mol. The van der Waals surface area contributed by atoms with Gasteiger partial charge in [-0.15, -0.1) is 0 Å². The van der Waals surface area contributed by atoms with Crippen molar-refractivity contribution in [3.05, 3.63) is 35.3 Å². The van der Waals surface area contributed by atoms with Gasteiger partial charge in [0.25, 0.3) is 0 Å². The van der Waals surface area contributed by atoms with Gasteiger partial charge in [-0.05, 0) is 31.0 Å². The summed E-state index contributed by atoms with van der Waals surface area (Å²) in [7, 11) is 0. The maximum Gasteiger partial charge on any atom is 0.165 e. The second-order valence-corrected chi connectivity index (χ2v) is 3.97. The Morgan fingerprint density at radius 3 is 2.72 bits per heavy atom. The van der Waals surface area contributed by atoms with Crippen molar-refractivity contribution in [3.8, 4) is 11.9 Å². The molecule has 2 N–H and O–H groups in total. The lowest BCUT2D eigenvalue weighted by Gasteiger charge is -2.06. The second kappa shape index (κ2) is 4.88. The van der Waals surface area contributed by atoms with Gasteiger partial charge in [-0.3, -0.25) is 0 Å². The fraction of sp³-hybridized carbons (Fsp3) is 0.308. The highest BCUT2D eigenvalue weighted by atomic mass is 15.3. The van der Waals surface area contributed by atoms with E-state index in [1.54, 1.807) is 16.8 Å². The van der Waals surface area contributed by atoms with Crippen molar-refractivity contribution < 1.29 is 0 Å². The molecule has 0 aliphatic heterocycles. The van der Waals surface area contributed by atoms with Crippen molar-refractivity contribution in [1.29, 1.82) is 5.26 Å². The fourth-order valence-electron chi connectivity index (χ4n) is 1.77. The van der Waals surface area contributed by atoms with Gasteiger partial charge in [-0.1, -0.05) is 13.8 Å². The maximum atomic E-state index is 8.95. The molecule has 0 aromatic carbocycles. The van der Waals surface area contributed by atoms with E-state index in [4.69, 9.17) is 11.0 Å². The quantitative estimate of drug-likeness (QED) is 0.889. The van der Waals surface area contributed by atoms with Gasteiger partial charge < -0.3 is 5.73 Å². The number of hydrogen-bond donors (Lipinski definition) is 1. The Labute approximate surface area is 106 Å². The lowest BCUT2D eigenvalue weighted by molar-refractivity contribution is 0.771. The molecule has 0 saturated carbocycles. The van der Waals surface area contributed by atoms with Crippen LogP contribution in [0.3, 0.4) is 0 Å². The van der Waals surface area contributed by atoms with Gasteiger partial charge >= 0.3 is 0 Å². The molecule has 0 aliphatic rings. The largest absolute Gasteiger partial charge is 0.396 e. The molecule has 0 unspecified atom stereocenters. The number of hydrogen-bond acceptors (Lipinski definition) is 4. The molecule has 0 aliphatic carbocycles. The smallest absolute Gasteiger partial charge is 0.165 e. The van der Waals surface area contributed by atoms with Crippen LogP contribution >= 0.6 is 0 Å².